The first-order valence-corrected chi connectivity index (χ1v) is 14.5. The maximum absolute atomic E-state index is 14.3. The highest BCUT2D eigenvalue weighted by molar-refractivity contribution is 6.10. The Balaban J connectivity index is 1.39. The number of anilines is 2. The minimum absolute atomic E-state index is 0.0209. The van der Waals surface area contributed by atoms with Crippen molar-refractivity contribution in [1.82, 2.24) is 20.1 Å². The summed E-state index contributed by atoms with van der Waals surface area (Å²) in [6.45, 7) is 4.83. The molecule has 1 aliphatic heterocycles. The van der Waals surface area contributed by atoms with Gasteiger partial charge in [0.05, 0.1) is 23.6 Å². The van der Waals surface area contributed by atoms with Crippen molar-refractivity contribution in [2.75, 3.05) is 23.9 Å². The normalized spacial score (nSPS) is 23.0. The largest absolute Gasteiger partial charge is 0.416 e. The molecule has 2 heterocycles. The van der Waals surface area contributed by atoms with Gasteiger partial charge in [-0.2, -0.15) is 13.2 Å². The summed E-state index contributed by atoms with van der Waals surface area (Å²) in [5.41, 5.74) is 1.52. The third-order valence-electron chi connectivity index (χ3n) is 9.37. The van der Waals surface area contributed by atoms with Crippen molar-refractivity contribution in [3.8, 4) is 0 Å². The number of ether oxygens (including phenoxy) is 1. The summed E-state index contributed by atoms with van der Waals surface area (Å²) in [4.78, 5) is 15.3. The van der Waals surface area contributed by atoms with Crippen LogP contribution < -0.4 is 15.5 Å². The molecular formula is C31H37F3N6O2. The predicted molar refractivity (Wildman–Crippen MR) is 153 cm³/mol. The molecule has 0 bridgehead atoms. The fraction of sp³-hybridized carbons (Fsp3) is 0.516. The van der Waals surface area contributed by atoms with E-state index in [0.29, 0.717) is 30.6 Å². The fourth-order valence-corrected chi connectivity index (χ4v) is 6.73. The first-order valence-electron chi connectivity index (χ1n) is 14.5. The molecule has 42 heavy (non-hydrogen) atoms. The Morgan fingerprint density at radius 2 is 1.90 bits per heavy atom. The van der Waals surface area contributed by atoms with E-state index in [0.717, 1.165) is 36.3 Å². The Morgan fingerprint density at radius 3 is 2.50 bits per heavy atom. The molecule has 0 radical (unpaired) electrons. The lowest BCUT2D eigenvalue weighted by molar-refractivity contribution is -0.138. The quantitative estimate of drug-likeness (QED) is 0.344. The van der Waals surface area contributed by atoms with Gasteiger partial charge in [0.2, 0.25) is 0 Å². The number of methoxy groups -OCH3 is 1. The van der Waals surface area contributed by atoms with Crippen LogP contribution in [0.1, 0.15) is 84.4 Å². The minimum atomic E-state index is -4.58. The monoisotopic (exact) mass is 582 g/mol. The number of benzene rings is 2. The van der Waals surface area contributed by atoms with Crippen LogP contribution in [0.4, 0.5) is 24.5 Å². The third kappa shape index (κ3) is 4.86. The van der Waals surface area contributed by atoms with Crippen LogP contribution in [0.15, 0.2) is 36.7 Å². The van der Waals surface area contributed by atoms with E-state index in [2.05, 4.69) is 27.8 Å². The molecule has 0 atom stereocenters. The first kappa shape index (κ1) is 28.7. The van der Waals surface area contributed by atoms with E-state index in [9.17, 15) is 18.0 Å². The molecule has 3 aliphatic rings. The zero-order valence-electron chi connectivity index (χ0n) is 24.4. The van der Waals surface area contributed by atoms with Crippen LogP contribution in [-0.4, -0.2) is 46.0 Å². The number of rotatable bonds is 9. The Hall–Kier alpha value is -3.44. The number of hydrogen-bond acceptors (Lipinski definition) is 6. The standard InChI is InChI=1S/C31H37F3N6O2/c1-5-35-21-11-20(30(14-23(15-30)42-4)28-38-37-18-39(28)3)12-22(13-21)40-17-25-24(27(40)41)9-19(10-26(25)31(32,33)34)16-36-29(2)7-6-8-29/h9-13,18,23,35-36H,5-8,14-17H2,1-4H3/t23-,30-. The summed E-state index contributed by atoms with van der Waals surface area (Å²) in [5.74, 6) is 0.353. The molecule has 2 aliphatic carbocycles. The molecule has 6 rings (SSSR count). The van der Waals surface area contributed by atoms with Crippen molar-refractivity contribution in [3.05, 3.63) is 70.3 Å². The van der Waals surface area contributed by atoms with Crippen molar-refractivity contribution in [2.24, 2.45) is 7.05 Å². The van der Waals surface area contributed by atoms with Crippen molar-refractivity contribution in [1.29, 1.82) is 0 Å². The lowest BCUT2D eigenvalue weighted by atomic mass is 9.61. The van der Waals surface area contributed by atoms with Gasteiger partial charge in [-0.05, 0) is 93.0 Å². The Morgan fingerprint density at radius 1 is 1.14 bits per heavy atom. The molecule has 2 fully saturated rings. The summed E-state index contributed by atoms with van der Waals surface area (Å²) in [7, 11) is 3.57. The number of aromatic nitrogens is 3. The van der Waals surface area contributed by atoms with Gasteiger partial charge in [0.1, 0.15) is 12.2 Å². The second kappa shape index (κ2) is 10.4. The number of fused-ring (bicyclic) bond motifs is 1. The Labute approximate surface area is 243 Å². The van der Waals surface area contributed by atoms with Crippen molar-refractivity contribution < 1.29 is 22.7 Å². The third-order valence-corrected chi connectivity index (χ3v) is 9.37. The van der Waals surface area contributed by atoms with E-state index in [4.69, 9.17) is 4.74 Å². The lowest BCUT2D eigenvalue weighted by Crippen LogP contribution is -2.48. The number of amides is 1. The molecule has 2 aromatic carbocycles. The first-order chi connectivity index (χ1) is 20.0. The second-order valence-electron chi connectivity index (χ2n) is 12.2. The highest BCUT2D eigenvalue weighted by atomic mass is 19.4. The number of halogens is 3. The Kier molecular flexibility index (Phi) is 7.08. The van der Waals surface area contributed by atoms with Gasteiger partial charge < -0.3 is 24.8 Å². The van der Waals surface area contributed by atoms with Crippen LogP contribution in [0.25, 0.3) is 0 Å². The molecule has 1 amide bonds. The average molecular weight is 583 g/mol. The summed E-state index contributed by atoms with van der Waals surface area (Å²) in [5, 5.41) is 15.3. The van der Waals surface area contributed by atoms with Crippen molar-refractivity contribution >= 4 is 17.3 Å². The summed E-state index contributed by atoms with van der Waals surface area (Å²) >= 11 is 0. The molecule has 224 valence electrons. The van der Waals surface area contributed by atoms with Crippen LogP contribution in [0.2, 0.25) is 0 Å². The second-order valence-corrected chi connectivity index (χ2v) is 12.2. The van der Waals surface area contributed by atoms with E-state index in [1.54, 1.807) is 19.5 Å². The maximum Gasteiger partial charge on any atom is 0.416 e. The van der Waals surface area contributed by atoms with Gasteiger partial charge >= 0.3 is 6.18 Å². The maximum atomic E-state index is 14.3. The molecule has 3 aromatic rings. The molecule has 2 N–H and O–H groups in total. The van der Waals surface area contributed by atoms with E-state index < -0.39 is 23.1 Å². The smallest absolute Gasteiger partial charge is 0.385 e. The van der Waals surface area contributed by atoms with Gasteiger partial charge in [-0.15, -0.1) is 10.2 Å². The molecule has 0 spiro atoms. The van der Waals surface area contributed by atoms with E-state index in [-0.39, 0.29) is 35.9 Å². The number of nitrogens with one attached hydrogen (secondary N) is 2. The van der Waals surface area contributed by atoms with E-state index >= 15 is 0 Å². The molecule has 1 aromatic heterocycles. The van der Waals surface area contributed by atoms with Crippen molar-refractivity contribution in [2.45, 2.75) is 82.3 Å². The van der Waals surface area contributed by atoms with Gasteiger partial charge in [-0.25, -0.2) is 0 Å². The molecule has 2 saturated carbocycles. The Bertz CT molecular complexity index is 1510. The predicted octanol–water partition coefficient (Wildman–Crippen LogP) is 5.55. The van der Waals surface area contributed by atoms with Gasteiger partial charge in [-0.3, -0.25) is 4.79 Å². The van der Waals surface area contributed by atoms with Crippen LogP contribution in [-0.2, 0) is 36.5 Å². The lowest BCUT2D eigenvalue weighted by Gasteiger charge is -2.46. The van der Waals surface area contributed by atoms with Gasteiger partial charge in [0.25, 0.3) is 5.91 Å². The van der Waals surface area contributed by atoms with Crippen molar-refractivity contribution in [3.63, 3.8) is 0 Å². The van der Waals surface area contributed by atoms with Crippen LogP contribution in [0.3, 0.4) is 0 Å². The van der Waals surface area contributed by atoms with E-state index in [1.807, 2.05) is 36.7 Å². The highest BCUT2D eigenvalue weighted by Crippen LogP contribution is 2.51. The molecule has 8 nitrogen and oxygen atoms in total. The van der Waals surface area contributed by atoms with Crippen LogP contribution in [0.5, 0.6) is 0 Å². The number of alkyl halides is 3. The molecule has 0 unspecified atom stereocenters. The highest BCUT2D eigenvalue weighted by Gasteiger charge is 2.51. The van der Waals surface area contributed by atoms with Gasteiger partial charge in [-0.1, -0.05) is 0 Å². The number of nitrogens with zero attached hydrogens (tertiary/aromatic N) is 4. The minimum Gasteiger partial charge on any atom is -0.385 e. The van der Waals surface area contributed by atoms with Crippen LogP contribution >= 0.6 is 0 Å². The van der Waals surface area contributed by atoms with Gasteiger partial charge in [0.15, 0.2) is 0 Å². The summed E-state index contributed by atoms with van der Waals surface area (Å²) in [6.07, 6.45) is 1.54. The summed E-state index contributed by atoms with van der Waals surface area (Å²) < 4.78 is 50.6. The van der Waals surface area contributed by atoms with E-state index in [1.165, 1.54) is 11.0 Å². The fourth-order valence-electron chi connectivity index (χ4n) is 6.73. The number of hydrogen-bond donors (Lipinski definition) is 2. The number of carbonyl (C=O) groups excluding carboxylic acids is 1. The van der Waals surface area contributed by atoms with Crippen LogP contribution in [0, 0.1) is 0 Å². The zero-order valence-corrected chi connectivity index (χ0v) is 24.4. The molecule has 11 heteroatoms. The van der Waals surface area contributed by atoms with Gasteiger partial charge in [0, 0.05) is 49.7 Å². The molecule has 0 saturated heterocycles. The number of aryl methyl sites for hydroxylation is 1. The number of carbonyl (C=O) groups is 1. The molecular weight excluding hydrogens is 545 g/mol. The topological polar surface area (TPSA) is 84.3 Å². The zero-order chi connectivity index (χ0) is 29.9. The summed E-state index contributed by atoms with van der Waals surface area (Å²) in [6, 6.07) is 8.62. The average Bonchev–Trinajstić information content (AvgIpc) is 3.48. The SMILES string of the molecule is CCNc1cc(N2Cc3c(cc(CNC4(C)CCC4)cc3C(F)(F)F)C2=O)cc([C@]2(c3nncn3C)C[C@H](OC)C2)c1.